The lowest BCUT2D eigenvalue weighted by Gasteiger charge is -2.14. The van der Waals surface area contributed by atoms with E-state index in [0.29, 0.717) is 34.4 Å². The smallest absolute Gasteiger partial charge is 0.261 e. The topological polar surface area (TPSA) is 89.6 Å². The molecule has 1 unspecified atom stereocenters. The maximum Gasteiger partial charge on any atom is 0.261 e. The summed E-state index contributed by atoms with van der Waals surface area (Å²) in [7, 11) is 0. The molecule has 1 aliphatic heterocycles. The normalized spacial score (nSPS) is 15.4. The fourth-order valence-corrected chi connectivity index (χ4v) is 4.07. The van der Waals surface area contributed by atoms with Crippen LogP contribution in [0.15, 0.2) is 47.8 Å². The summed E-state index contributed by atoms with van der Waals surface area (Å²) in [5, 5.41) is 7.28. The largest absolute Gasteiger partial charge is 0.490 e. The highest BCUT2D eigenvalue weighted by molar-refractivity contribution is 7.14. The highest BCUT2D eigenvalue weighted by atomic mass is 32.1. The molecule has 0 saturated carbocycles. The van der Waals surface area contributed by atoms with Crippen molar-refractivity contribution in [2.45, 2.75) is 25.9 Å². The number of carbonyl (C=O) groups is 2. The minimum absolute atomic E-state index is 0.0413. The van der Waals surface area contributed by atoms with Crippen LogP contribution in [-0.4, -0.2) is 36.1 Å². The Morgan fingerprint density at radius 1 is 1.25 bits per heavy atom. The highest BCUT2D eigenvalue weighted by Gasteiger charge is 2.19. The van der Waals surface area contributed by atoms with Gasteiger partial charge in [-0.3, -0.25) is 14.9 Å². The number of benzene rings is 2. The average molecular weight is 456 g/mol. The standard InChI is InChI=1S/C23H22FN3O4S/c1-14(28)25-15-8-9-17(19(24)11-15)20-13-32-23(26-20)27-22(29)18-6-2-3-7-21(18)31-12-16-5-4-10-30-16/h2-3,6-9,11,13,16H,4-5,10,12H2,1H3,(H,25,28)(H,26,27,29). The molecule has 7 nitrogen and oxygen atoms in total. The molecule has 2 heterocycles. The second-order valence-corrected chi connectivity index (χ2v) is 8.17. The zero-order valence-corrected chi connectivity index (χ0v) is 18.2. The summed E-state index contributed by atoms with van der Waals surface area (Å²) < 4.78 is 25.9. The SMILES string of the molecule is CC(=O)Nc1ccc(-c2csc(NC(=O)c3ccccc3OCC3CCCO3)n2)c(F)c1. The zero-order valence-electron chi connectivity index (χ0n) is 17.4. The Morgan fingerprint density at radius 2 is 2.09 bits per heavy atom. The van der Waals surface area contributed by atoms with Crippen LogP contribution in [0.5, 0.6) is 5.75 Å². The third kappa shape index (κ3) is 5.30. The monoisotopic (exact) mass is 455 g/mol. The van der Waals surface area contributed by atoms with Crippen LogP contribution in [0, 0.1) is 5.82 Å². The number of amides is 2. The number of nitrogens with zero attached hydrogens (tertiary/aromatic N) is 1. The van der Waals surface area contributed by atoms with Gasteiger partial charge in [-0.05, 0) is 43.2 Å². The van der Waals surface area contributed by atoms with Crippen molar-refractivity contribution in [1.29, 1.82) is 0 Å². The second kappa shape index (κ2) is 9.88. The Morgan fingerprint density at radius 3 is 2.84 bits per heavy atom. The maximum atomic E-state index is 14.5. The van der Waals surface area contributed by atoms with Crippen molar-refractivity contribution in [2.75, 3.05) is 23.8 Å². The van der Waals surface area contributed by atoms with Gasteiger partial charge in [-0.1, -0.05) is 12.1 Å². The minimum atomic E-state index is -0.521. The number of nitrogens with one attached hydrogen (secondary N) is 2. The number of aromatic nitrogens is 1. The first-order valence-electron chi connectivity index (χ1n) is 10.2. The molecule has 2 aromatic carbocycles. The van der Waals surface area contributed by atoms with Gasteiger partial charge in [0.1, 0.15) is 18.2 Å². The van der Waals surface area contributed by atoms with E-state index in [2.05, 4.69) is 15.6 Å². The molecule has 1 fully saturated rings. The number of thiazole rings is 1. The molecule has 9 heteroatoms. The Hall–Kier alpha value is -3.30. The molecule has 0 spiro atoms. The Bertz CT molecular complexity index is 1130. The lowest BCUT2D eigenvalue weighted by molar-refractivity contribution is -0.114. The summed E-state index contributed by atoms with van der Waals surface area (Å²) >= 11 is 1.19. The number of halogens is 1. The molecule has 1 aliphatic rings. The van der Waals surface area contributed by atoms with Crippen molar-refractivity contribution in [3.05, 3.63) is 59.2 Å². The molecule has 0 bridgehead atoms. The molecule has 3 aromatic rings. The summed E-state index contributed by atoms with van der Waals surface area (Å²) in [6.45, 7) is 2.48. The van der Waals surface area contributed by atoms with Gasteiger partial charge in [0, 0.05) is 30.2 Å². The second-order valence-electron chi connectivity index (χ2n) is 7.31. The van der Waals surface area contributed by atoms with Gasteiger partial charge in [0.05, 0.1) is 17.4 Å². The quantitative estimate of drug-likeness (QED) is 0.538. The first-order chi connectivity index (χ1) is 15.5. The van der Waals surface area contributed by atoms with E-state index in [1.165, 1.54) is 30.4 Å². The van der Waals surface area contributed by atoms with Gasteiger partial charge in [-0.2, -0.15) is 0 Å². The molecule has 2 N–H and O–H groups in total. The molecular weight excluding hydrogens is 433 g/mol. The molecule has 32 heavy (non-hydrogen) atoms. The van der Waals surface area contributed by atoms with Crippen molar-refractivity contribution in [2.24, 2.45) is 0 Å². The Kier molecular flexibility index (Phi) is 6.77. The van der Waals surface area contributed by atoms with Crippen LogP contribution in [0.2, 0.25) is 0 Å². The van der Waals surface area contributed by atoms with E-state index in [-0.39, 0.29) is 23.5 Å². The fraction of sp³-hybridized carbons (Fsp3) is 0.261. The molecular formula is C23H22FN3O4S. The molecule has 2 amide bonds. The van der Waals surface area contributed by atoms with E-state index in [0.717, 1.165) is 19.4 Å². The minimum Gasteiger partial charge on any atom is -0.490 e. The van der Waals surface area contributed by atoms with E-state index < -0.39 is 5.82 Å². The summed E-state index contributed by atoms with van der Waals surface area (Å²) in [5.41, 5.74) is 1.41. The van der Waals surface area contributed by atoms with Gasteiger partial charge >= 0.3 is 0 Å². The molecule has 1 aromatic heterocycles. The molecule has 0 aliphatic carbocycles. The number of hydrogen-bond donors (Lipinski definition) is 2. The van der Waals surface area contributed by atoms with Crippen molar-refractivity contribution in [3.63, 3.8) is 0 Å². The molecule has 166 valence electrons. The first-order valence-corrected chi connectivity index (χ1v) is 11.1. The summed E-state index contributed by atoms with van der Waals surface area (Å²) in [5.74, 6) is -0.699. The van der Waals surface area contributed by atoms with E-state index in [1.807, 2.05) is 0 Å². The van der Waals surface area contributed by atoms with E-state index in [9.17, 15) is 14.0 Å². The van der Waals surface area contributed by atoms with E-state index in [1.54, 1.807) is 35.7 Å². The highest BCUT2D eigenvalue weighted by Crippen LogP contribution is 2.29. The molecule has 1 atom stereocenters. The van der Waals surface area contributed by atoms with Crippen LogP contribution in [-0.2, 0) is 9.53 Å². The van der Waals surface area contributed by atoms with E-state index >= 15 is 0 Å². The fourth-order valence-electron chi connectivity index (χ4n) is 3.36. The Balaban J connectivity index is 1.45. The van der Waals surface area contributed by atoms with Crippen LogP contribution < -0.4 is 15.4 Å². The average Bonchev–Trinajstić information content (AvgIpc) is 3.44. The lowest BCUT2D eigenvalue weighted by atomic mass is 10.1. The summed E-state index contributed by atoms with van der Waals surface area (Å²) in [6, 6.07) is 11.3. The van der Waals surface area contributed by atoms with Crippen LogP contribution in [0.25, 0.3) is 11.3 Å². The van der Waals surface area contributed by atoms with Gasteiger partial charge in [0.25, 0.3) is 5.91 Å². The van der Waals surface area contributed by atoms with Crippen molar-refractivity contribution in [1.82, 2.24) is 4.98 Å². The van der Waals surface area contributed by atoms with E-state index in [4.69, 9.17) is 9.47 Å². The number of para-hydroxylation sites is 1. The summed E-state index contributed by atoms with van der Waals surface area (Å²) in [6.07, 6.45) is 2.00. The predicted molar refractivity (Wildman–Crippen MR) is 121 cm³/mol. The Labute approximate surface area is 188 Å². The third-order valence-electron chi connectivity index (χ3n) is 4.87. The maximum absolute atomic E-state index is 14.5. The van der Waals surface area contributed by atoms with Gasteiger partial charge in [0.2, 0.25) is 5.91 Å². The number of ether oxygens (including phenoxy) is 2. The lowest BCUT2D eigenvalue weighted by Crippen LogP contribution is -2.19. The van der Waals surface area contributed by atoms with Crippen LogP contribution in [0.4, 0.5) is 15.2 Å². The number of carbonyl (C=O) groups excluding carboxylic acids is 2. The number of rotatable bonds is 7. The molecule has 0 radical (unpaired) electrons. The molecule has 1 saturated heterocycles. The predicted octanol–water partition coefficient (Wildman–Crippen LogP) is 4.72. The zero-order chi connectivity index (χ0) is 22.5. The van der Waals surface area contributed by atoms with Crippen molar-refractivity contribution in [3.8, 4) is 17.0 Å². The third-order valence-corrected chi connectivity index (χ3v) is 5.63. The van der Waals surface area contributed by atoms with Crippen LogP contribution in [0.3, 0.4) is 0 Å². The van der Waals surface area contributed by atoms with Crippen molar-refractivity contribution < 1.29 is 23.5 Å². The van der Waals surface area contributed by atoms with Crippen LogP contribution in [0.1, 0.15) is 30.1 Å². The molecule has 4 rings (SSSR count). The van der Waals surface area contributed by atoms with Gasteiger partial charge < -0.3 is 14.8 Å². The van der Waals surface area contributed by atoms with Gasteiger partial charge in [0.15, 0.2) is 5.13 Å². The number of anilines is 2. The van der Waals surface area contributed by atoms with Gasteiger partial charge in [-0.25, -0.2) is 9.37 Å². The van der Waals surface area contributed by atoms with Crippen LogP contribution >= 0.6 is 11.3 Å². The van der Waals surface area contributed by atoms with Gasteiger partial charge in [-0.15, -0.1) is 11.3 Å². The first kappa shape index (κ1) is 21.9. The number of hydrogen-bond acceptors (Lipinski definition) is 6. The summed E-state index contributed by atoms with van der Waals surface area (Å²) in [4.78, 5) is 28.3. The van der Waals surface area contributed by atoms with Crippen molar-refractivity contribution >= 4 is 34.0 Å².